The predicted molar refractivity (Wildman–Crippen MR) is 59.5 cm³/mol. The van der Waals surface area contributed by atoms with Crippen LogP contribution in [0.25, 0.3) is 0 Å². The van der Waals surface area contributed by atoms with Gasteiger partial charge in [0.25, 0.3) is 0 Å². The molecule has 0 radical (unpaired) electrons. The van der Waals surface area contributed by atoms with Gasteiger partial charge in [0.15, 0.2) is 0 Å². The normalized spacial score (nSPS) is 28.9. The molecule has 1 aliphatic rings. The first-order valence-corrected chi connectivity index (χ1v) is 5.93. The van der Waals surface area contributed by atoms with Gasteiger partial charge in [0.05, 0.1) is 6.10 Å². The Morgan fingerprint density at radius 1 is 1.24 bits per heavy atom. The van der Waals surface area contributed by atoms with E-state index in [0.29, 0.717) is 12.8 Å². The summed E-state index contributed by atoms with van der Waals surface area (Å²) in [6.07, 6.45) is 0.515. The topological polar surface area (TPSA) is 46.2 Å². The molecule has 0 unspecified atom stereocenters. The number of aliphatic hydroxyl groups is 1. The Bertz CT molecular complexity index is 398. The van der Waals surface area contributed by atoms with E-state index >= 15 is 0 Å². The zero-order chi connectivity index (χ0) is 12.7. The maximum absolute atomic E-state index is 12.1. The molecule has 0 aliphatic heterocycles. The zero-order valence-corrected chi connectivity index (χ0v) is 9.68. The number of rotatable bonds is 2. The second-order valence-corrected chi connectivity index (χ2v) is 5.43. The predicted octanol–water partition coefficient (Wildman–Crippen LogP) is 2.61. The van der Waals surface area contributed by atoms with Crippen molar-refractivity contribution in [3.05, 3.63) is 29.8 Å². The first-order valence-electron chi connectivity index (χ1n) is 5.12. The van der Waals surface area contributed by atoms with Crippen molar-refractivity contribution < 1.29 is 18.3 Å². The highest BCUT2D eigenvalue weighted by molar-refractivity contribution is 8.00. The molecular formula is C11H12F3NOS. The Labute approximate surface area is 101 Å². The monoisotopic (exact) mass is 263 g/mol. The number of halogens is 3. The number of aliphatic hydroxyl groups excluding tert-OH is 1. The van der Waals surface area contributed by atoms with E-state index in [1.54, 1.807) is 12.1 Å². The molecule has 1 aromatic carbocycles. The minimum absolute atomic E-state index is 0.143. The van der Waals surface area contributed by atoms with Gasteiger partial charge in [-0.1, -0.05) is 12.1 Å². The molecule has 17 heavy (non-hydrogen) atoms. The van der Waals surface area contributed by atoms with Crippen LogP contribution in [0.5, 0.6) is 0 Å². The first-order chi connectivity index (χ1) is 7.78. The number of nitrogens with two attached hydrogens (primary N) is 1. The fourth-order valence-corrected chi connectivity index (χ4v) is 2.54. The van der Waals surface area contributed by atoms with E-state index in [9.17, 15) is 18.3 Å². The summed E-state index contributed by atoms with van der Waals surface area (Å²) in [6, 6.07) is 6.01. The van der Waals surface area contributed by atoms with Crippen LogP contribution in [0, 0.1) is 0 Å². The van der Waals surface area contributed by atoms with Crippen LogP contribution in [0.3, 0.4) is 0 Å². The van der Waals surface area contributed by atoms with Gasteiger partial charge < -0.3 is 10.8 Å². The Balaban J connectivity index is 2.09. The minimum atomic E-state index is -4.27. The van der Waals surface area contributed by atoms with Crippen LogP contribution in [0.4, 0.5) is 13.2 Å². The smallest absolute Gasteiger partial charge is 0.393 e. The van der Waals surface area contributed by atoms with Crippen LogP contribution in [0.1, 0.15) is 18.4 Å². The molecule has 0 amide bonds. The summed E-state index contributed by atoms with van der Waals surface area (Å²) in [6.45, 7) is 0. The largest absolute Gasteiger partial charge is 0.446 e. The van der Waals surface area contributed by atoms with Gasteiger partial charge in [0.1, 0.15) is 0 Å². The van der Waals surface area contributed by atoms with Gasteiger partial charge in [-0.15, -0.1) is 0 Å². The molecule has 1 aliphatic carbocycles. The van der Waals surface area contributed by atoms with E-state index < -0.39 is 17.2 Å². The lowest BCUT2D eigenvalue weighted by Gasteiger charge is -2.42. The summed E-state index contributed by atoms with van der Waals surface area (Å²) < 4.78 is 36.3. The summed E-state index contributed by atoms with van der Waals surface area (Å²) in [7, 11) is 0. The number of benzene rings is 1. The third-order valence-corrected chi connectivity index (χ3v) is 3.60. The maximum atomic E-state index is 12.1. The van der Waals surface area contributed by atoms with Crippen LogP contribution in [-0.2, 0) is 5.54 Å². The second kappa shape index (κ2) is 4.19. The lowest BCUT2D eigenvalue weighted by atomic mass is 9.71. The third-order valence-electron chi connectivity index (χ3n) is 2.86. The minimum Gasteiger partial charge on any atom is -0.393 e. The lowest BCUT2D eigenvalue weighted by Crippen LogP contribution is -2.51. The van der Waals surface area contributed by atoms with Crippen molar-refractivity contribution in [3.8, 4) is 0 Å². The molecule has 0 heterocycles. The van der Waals surface area contributed by atoms with Crippen molar-refractivity contribution in [3.63, 3.8) is 0 Å². The molecule has 2 nitrogen and oxygen atoms in total. The molecule has 1 saturated carbocycles. The molecule has 2 rings (SSSR count). The molecule has 3 N–H and O–H groups in total. The summed E-state index contributed by atoms with van der Waals surface area (Å²) >= 11 is -0.144. The summed E-state index contributed by atoms with van der Waals surface area (Å²) in [4.78, 5) is 0.143. The highest BCUT2D eigenvalue weighted by atomic mass is 32.2. The van der Waals surface area contributed by atoms with Gasteiger partial charge in [-0.05, 0) is 42.3 Å². The molecule has 0 aromatic heterocycles. The number of hydrogen-bond acceptors (Lipinski definition) is 3. The Morgan fingerprint density at radius 3 is 2.18 bits per heavy atom. The van der Waals surface area contributed by atoms with E-state index in [1.165, 1.54) is 12.1 Å². The fraction of sp³-hybridized carbons (Fsp3) is 0.455. The molecule has 6 heteroatoms. The molecule has 0 spiro atoms. The van der Waals surface area contributed by atoms with Crippen LogP contribution >= 0.6 is 11.8 Å². The lowest BCUT2D eigenvalue weighted by molar-refractivity contribution is -0.0328. The van der Waals surface area contributed by atoms with Crippen molar-refractivity contribution >= 4 is 11.8 Å². The molecule has 0 bridgehead atoms. The van der Waals surface area contributed by atoms with Crippen molar-refractivity contribution in [2.24, 2.45) is 5.73 Å². The highest BCUT2D eigenvalue weighted by Crippen LogP contribution is 2.41. The van der Waals surface area contributed by atoms with Gasteiger partial charge in [-0.2, -0.15) is 13.2 Å². The van der Waals surface area contributed by atoms with Crippen LogP contribution in [-0.4, -0.2) is 16.7 Å². The number of hydrogen-bond donors (Lipinski definition) is 2. The molecular weight excluding hydrogens is 251 g/mol. The van der Waals surface area contributed by atoms with Gasteiger partial charge in [-0.25, -0.2) is 0 Å². The fourth-order valence-electron chi connectivity index (χ4n) is 2.01. The zero-order valence-electron chi connectivity index (χ0n) is 8.87. The quantitative estimate of drug-likeness (QED) is 0.806. The number of alkyl halides is 3. The van der Waals surface area contributed by atoms with Gasteiger partial charge in [-0.3, -0.25) is 0 Å². The van der Waals surface area contributed by atoms with Crippen LogP contribution in [0.15, 0.2) is 29.2 Å². The Hall–Kier alpha value is -0.720. The third kappa shape index (κ3) is 2.94. The summed E-state index contributed by atoms with van der Waals surface area (Å²) in [5.41, 5.74) is 1.92. The van der Waals surface area contributed by atoms with Crippen molar-refractivity contribution in [1.82, 2.24) is 0 Å². The Morgan fingerprint density at radius 2 is 1.76 bits per heavy atom. The summed E-state index contributed by atoms with van der Waals surface area (Å²) in [5, 5.41) is 9.22. The standard InChI is InChI=1S/C11H12F3NOS/c12-11(13,14)17-9-3-1-7(2-4-9)10(15)5-8(16)6-10/h1-4,8,16H,5-6,15H2. The van der Waals surface area contributed by atoms with Crippen molar-refractivity contribution in [2.45, 2.75) is 34.9 Å². The van der Waals surface area contributed by atoms with Gasteiger partial charge in [0.2, 0.25) is 0 Å². The average molecular weight is 263 g/mol. The van der Waals surface area contributed by atoms with E-state index in [4.69, 9.17) is 5.73 Å². The van der Waals surface area contributed by atoms with Gasteiger partial charge in [0, 0.05) is 10.4 Å². The Kier molecular flexibility index (Phi) is 3.14. The maximum Gasteiger partial charge on any atom is 0.446 e. The van der Waals surface area contributed by atoms with E-state index in [0.717, 1.165) is 5.56 Å². The molecule has 94 valence electrons. The highest BCUT2D eigenvalue weighted by Gasteiger charge is 2.41. The van der Waals surface area contributed by atoms with Gasteiger partial charge >= 0.3 is 5.51 Å². The second-order valence-electron chi connectivity index (χ2n) is 4.29. The molecule has 0 atom stereocenters. The molecule has 1 fully saturated rings. The average Bonchev–Trinajstić information content (AvgIpc) is 2.14. The van der Waals surface area contributed by atoms with E-state index in [1.807, 2.05) is 0 Å². The SMILES string of the molecule is NC1(c2ccc(SC(F)(F)F)cc2)CC(O)C1. The van der Waals surface area contributed by atoms with E-state index in [2.05, 4.69) is 0 Å². The molecule has 1 aromatic rings. The van der Waals surface area contributed by atoms with Crippen LogP contribution < -0.4 is 5.73 Å². The van der Waals surface area contributed by atoms with Crippen molar-refractivity contribution in [2.75, 3.05) is 0 Å². The number of thioether (sulfide) groups is 1. The molecule has 0 saturated heterocycles. The van der Waals surface area contributed by atoms with Crippen LogP contribution in [0.2, 0.25) is 0 Å². The van der Waals surface area contributed by atoms with Crippen molar-refractivity contribution in [1.29, 1.82) is 0 Å². The summed E-state index contributed by atoms with van der Waals surface area (Å²) in [5.74, 6) is 0. The first kappa shape index (κ1) is 12.7. The van der Waals surface area contributed by atoms with E-state index in [-0.39, 0.29) is 16.7 Å².